The van der Waals surface area contributed by atoms with Crippen LogP contribution in [-0.4, -0.2) is 23.1 Å². The predicted molar refractivity (Wildman–Crippen MR) is 200 cm³/mol. The Balaban J connectivity index is 3.42. The van der Waals surface area contributed by atoms with Crippen LogP contribution in [0.15, 0.2) is 24.3 Å². The van der Waals surface area contributed by atoms with Gasteiger partial charge in [0.05, 0.1) is 0 Å². The van der Waals surface area contributed by atoms with E-state index in [0.717, 1.165) is 44.9 Å². The lowest BCUT2D eigenvalue weighted by molar-refractivity contribution is -0.149. The van der Waals surface area contributed by atoms with Gasteiger partial charge in [-0.05, 0) is 64.2 Å². The summed E-state index contributed by atoms with van der Waals surface area (Å²) in [6.45, 7) is 4.40. The fourth-order valence-electron chi connectivity index (χ4n) is 6.15. The molecule has 4 heteroatoms. The Morgan fingerprint density at radius 2 is 0.891 bits per heavy atom. The summed E-state index contributed by atoms with van der Waals surface area (Å²) in [5.41, 5.74) is 0. The van der Waals surface area contributed by atoms with Crippen molar-refractivity contribution < 1.29 is 19.4 Å². The van der Waals surface area contributed by atoms with Gasteiger partial charge in [0.1, 0.15) is 6.10 Å². The topological polar surface area (TPSA) is 63.6 Å². The maximum absolute atomic E-state index is 12.3. The standard InChI is InChI=1S/C42H78O4/c1-3-5-6-7-8-9-10-11-12-13-14-15-16-21-24-27-30-33-36-39-42(45)46-40(4-2)37-34-31-28-25-22-19-17-18-20-23-26-29-32-35-38-41(43)44/h8-9,11-12,40H,3-7,10,13-39H2,1-2H3,(H,43,44)/b9-8-,12-11-. The van der Waals surface area contributed by atoms with E-state index in [1.54, 1.807) is 0 Å². The van der Waals surface area contributed by atoms with Gasteiger partial charge < -0.3 is 9.84 Å². The number of carboxylic acid groups (broad SMARTS) is 1. The van der Waals surface area contributed by atoms with Gasteiger partial charge in [-0.15, -0.1) is 0 Å². The number of carbonyl (C=O) groups excluding carboxylic acids is 1. The summed E-state index contributed by atoms with van der Waals surface area (Å²) >= 11 is 0. The molecule has 0 rings (SSSR count). The summed E-state index contributed by atoms with van der Waals surface area (Å²) in [6.07, 6.45) is 48.6. The zero-order valence-corrected chi connectivity index (χ0v) is 30.9. The van der Waals surface area contributed by atoms with Gasteiger partial charge in [0.25, 0.3) is 0 Å². The second kappa shape index (κ2) is 37.9. The van der Waals surface area contributed by atoms with Crippen molar-refractivity contribution in [2.75, 3.05) is 0 Å². The summed E-state index contributed by atoms with van der Waals surface area (Å²) in [5.74, 6) is -0.651. The highest BCUT2D eigenvalue weighted by Gasteiger charge is 2.12. The van der Waals surface area contributed by atoms with Crippen LogP contribution in [0.5, 0.6) is 0 Å². The molecule has 0 aromatic carbocycles. The molecule has 46 heavy (non-hydrogen) atoms. The molecule has 0 aliphatic carbocycles. The number of allylic oxidation sites excluding steroid dienone is 4. The lowest BCUT2D eigenvalue weighted by atomic mass is 10.0. The van der Waals surface area contributed by atoms with Crippen molar-refractivity contribution in [1.82, 2.24) is 0 Å². The van der Waals surface area contributed by atoms with Crippen LogP contribution in [0.2, 0.25) is 0 Å². The first-order valence-electron chi connectivity index (χ1n) is 20.3. The van der Waals surface area contributed by atoms with Gasteiger partial charge in [-0.2, -0.15) is 0 Å². The van der Waals surface area contributed by atoms with E-state index >= 15 is 0 Å². The van der Waals surface area contributed by atoms with Crippen molar-refractivity contribution in [3.05, 3.63) is 24.3 Å². The predicted octanol–water partition coefficient (Wildman–Crippen LogP) is 14.0. The first-order chi connectivity index (χ1) is 22.6. The number of hydrogen-bond acceptors (Lipinski definition) is 3. The van der Waals surface area contributed by atoms with Crippen LogP contribution in [-0.2, 0) is 14.3 Å². The van der Waals surface area contributed by atoms with E-state index in [1.807, 2.05) is 0 Å². The van der Waals surface area contributed by atoms with Crippen molar-refractivity contribution in [3.63, 3.8) is 0 Å². The molecule has 0 radical (unpaired) electrons. The minimum absolute atomic E-state index is 0.0158. The average molecular weight is 647 g/mol. The first kappa shape index (κ1) is 44.4. The largest absolute Gasteiger partial charge is 0.481 e. The molecule has 1 atom stereocenters. The maximum atomic E-state index is 12.3. The van der Waals surface area contributed by atoms with Gasteiger partial charge in [0.2, 0.25) is 0 Å². The Hall–Kier alpha value is -1.58. The number of carboxylic acids is 1. The van der Waals surface area contributed by atoms with E-state index in [4.69, 9.17) is 9.84 Å². The zero-order valence-electron chi connectivity index (χ0n) is 30.9. The molecule has 0 saturated heterocycles. The van der Waals surface area contributed by atoms with Crippen LogP contribution in [0.25, 0.3) is 0 Å². The molecular weight excluding hydrogens is 568 g/mol. The normalized spacial score (nSPS) is 12.4. The summed E-state index contributed by atoms with van der Waals surface area (Å²) in [6, 6.07) is 0. The van der Waals surface area contributed by atoms with Crippen molar-refractivity contribution in [1.29, 1.82) is 0 Å². The SMILES string of the molecule is CCCCC/C=C\C/C=C\CCCCCCCCCCCC(=O)OC(CC)CCCCCCCCCCCCCCCCC(=O)O. The molecule has 0 aromatic heterocycles. The summed E-state index contributed by atoms with van der Waals surface area (Å²) < 4.78 is 5.79. The number of esters is 1. The van der Waals surface area contributed by atoms with Gasteiger partial charge in [-0.1, -0.05) is 173 Å². The highest BCUT2D eigenvalue weighted by molar-refractivity contribution is 5.69. The number of ether oxygens (including phenoxy) is 1. The zero-order chi connectivity index (χ0) is 33.6. The van der Waals surface area contributed by atoms with Gasteiger partial charge in [-0.3, -0.25) is 9.59 Å². The van der Waals surface area contributed by atoms with E-state index in [9.17, 15) is 9.59 Å². The van der Waals surface area contributed by atoms with Crippen LogP contribution >= 0.6 is 0 Å². The van der Waals surface area contributed by atoms with Crippen molar-refractivity contribution >= 4 is 11.9 Å². The molecule has 0 aromatic rings. The smallest absolute Gasteiger partial charge is 0.306 e. The maximum Gasteiger partial charge on any atom is 0.306 e. The molecule has 0 saturated carbocycles. The second-order valence-electron chi connectivity index (χ2n) is 13.8. The highest BCUT2D eigenvalue weighted by atomic mass is 16.5. The van der Waals surface area contributed by atoms with Gasteiger partial charge in [0.15, 0.2) is 0 Å². The van der Waals surface area contributed by atoms with Gasteiger partial charge in [-0.25, -0.2) is 0 Å². The summed E-state index contributed by atoms with van der Waals surface area (Å²) in [4.78, 5) is 22.8. The number of hydrogen-bond donors (Lipinski definition) is 1. The molecule has 4 nitrogen and oxygen atoms in total. The minimum atomic E-state index is -0.666. The van der Waals surface area contributed by atoms with Crippen LogP contribution in [0.1, 0.15) is 226 Å². The number of rotatable bonds is 37. The Morgan fingerprint density at radius 1 is 0.500 bits per heavy atom. The van der Waals surface area contributed by atoms with Crippen molar-refractivity contribution in [2.45, 2.75) is 232 Å². The molecular formula is C42H78O4. The number of unbranched alkanes of at least 4 members (excludes halogenated alkanes) is 25. The van der Waals surface area contributed by atoms with Crippen LogP contribution in [0.3, 0.4) is 0 Å². The third-order valence-electron chi connectivity index (χ3n) is 9.25. The average Bonchev–Trinajstić information content (AvgIpc) is 3.04. The van der Waals surface area contributed by atoms with E-state index in [-0.39, 0.29) is 12.1 Å². The van der Waals surface area contributed by atoms with Crippen LogP contribution in [0.4, 0.5) is 0 Å². The fourth-order valence-corrected chi connectivity index (χ4v) is 6.15. The molecule has 270 valence electrons. The molecule has 0 aliphatic heterocycles. The van der Waals surface area contributed by atoms with E-state index in [0.29, 0.717) is 12.8 Å². The molecule has 0 bridgehead atoms. The highest BCUT2D eigenvalue weighted by Crippen LogP contribution is 2.17. The van der Waals surface area contributed by atoms with Crippen molar-refractivity contribution in [3.8, 4) is 0 Å². The minimum Gasteiger partial charge on any atom is -0.481 e. The molecule has 0 spiro atoms. The lowest BCUT2D eigenvalue weighted by Gasteiger charge is -2.16. The molecule has 0 amide bonds. The third kappa shape index (κ3) is 36.9. The molecule has 0 heterocycles. The number of carbonyl (C=O) groups is 2. The Labute approximate surface area is 287 Å². The lowest BCUT2D eigenvalue weighted by Crippen LogP contribution is -2.17. The molecule has 0 aliphatic rings. The Kier molecular flexibility index (Phi) is 36.6. The quantitative estimate of drug-likeness (QED) is 0.0414. The molecule has 1 unspecified atom stereocenters. The van der Waals surface area contributed by atoms with Crippen molar-refractivity contribution in [2.24, 2.45) is 0 Å². The number of aliphatic carboxylic acids is 1. The van der Waals surface area contributed by atoms with Gasteiger partial charge in [0, 0.05) is 12.8 Å². The van der Waals surface area contributed by atoms with E-state index in [1.165, 1.54) is 154 Å². The van der Waals surface area contributed by atoms with E-state index < -0.39 is 5.97 Å². The summed E-state index contributed by atoms with van der Waals surface area (Å²) in [7, 11) is 0. The second-order valence-corrected chi connectivity index (χ2v) is 13.8. The Bertz CT molecular complexity index is 698. The van der Waals surface area contributed by atoms with Crippen LogP contribution in [0, 0.1) is 0 Å². The molecule has 1 N–H and O–H groups in total. The van der Waals surface area contributed by atoms with Crippen LogP contribution < -0.4 is 0 Å². The van der Waals surface area contributed by atoms with Gasteiger partial charge >= 0.3 is 11.9 Å². The summed E-state index contributed by atoms with van der Waals surface area (Å²) in [5, 5.41) is 8.65. The fraction of sp³-hybridized carbons (Fsp3) is 0.857. The molecule has 0 fully saturated rings. The Morgan fingerprint density at radius 3 is 1.33 bits per heavy atom. The van der Waals surface area contributed by atoms with E-state index in [2.05, 4.69) is 38.2 Å². The monoisotopic (exact) mass is 647 g/mol. The first-order valence-corrected chi connectivity index (χ1v) is 20.3. The third-order valence-corrected chi connectivity index (χ3v) is 9.25.